The maximum absolute atomic E-state index is 12.2. The van der Waals surface area contributed by atoms with Gasteiger partial charge in [0, 0.05) is 6.54 Å². The first-order chi connectivity index (χ1) is 8.12. The SMILES string of the molecule is CCC1NC(C)C(=O)N1CC1(CC)CCCC1. The first-order valence-electron chi connectivity index (χ1n) is 7.18. The van der Waals surface area contributed by atoms with Crippen molar-refractivity contribution in [2.75, 3.05) is 6.54 Å². The number of amides is 1. The second-order valence-corrected chi connectivity index (χ2v) is 5.84. The molecule has 3 heteroatoms. The monoisotopic (exact) mass is 238 g/mol. The summed E-state index contributed by atoms with van der Waals surface area (Å²) in [5.74, 6) is 0.302. The molecule has 17 heavy (non-hydrogen) atoms. The minimum absolute atomic E-state index is 0.00950. The van der Waals surface area contributed by atoms with Gasteiger partial charge in [0.25, 0.3) is 0 Å². The lowest BCUT2D eigenvalue weighted by atomic mass is 9.82. The summed E-state index contributed by atoms with van der Waals surface area (Å²) in [6.07, 6.45) is 7.78. The Bertz CT molecular complexity index is 284. The van der Waals surface area contributed by atoms with Crippen LogP contribution in [0.15, 0.2) is 0 Å². The van der Waals surface area contributed by atoms with Crippen molar-refractivity contribution in [2.24, 2.45) is 5.41 Å². The Morgan fingerprint density at radius 1 is 1.35 bits per heavy atom. The number of hydrogen-bond donors (Lipinski definition) is 1. The van der Waals surface area contributed by atoms with E-state index in [1.54, 1.807) is 0 Å². The normalized spacial score (nSPS) is 32.4. The molecule has 2 atom stereocenters. The highest BCUT2D eigenvalue weighted by Gasteiger charge is 2.41. The first kappa shape index (κ1) is 12.9. The molecule has 1 heterocycles. The van der Waals surface area contributed by atoms with Crippen molar-refractivity contribution in [3.63, 3.8) is 0 Å². The van der Waals surface area contributed by atoms with Gasteiger partial charge in [-0.05, 0) is 38.0 Å². The predicted molar refractivity (Wildman–Crippen MR) is 69.6 cm³/mol. The van der Waals surface area contributed by atoms with E-state index in [1.165, 1.54) is 32.1 Å². The molecule has 0 radical (unpaired) electrons. The molecule has 2 aliphatic rings. The second-order valence-electron chi connectivity index (χ2n) is 5.84. The van der Waals surface area contributed by atoms with Crippen molar-refractivity contribution >= 4 is 5.91 Å². The molecule has 2 rings (SSSR count). The molecule has 3 nitrogen and oxygen atoms in total. The number of carbonyl (C=O) groups excluding carboxylic acids is 1. The molecule has 0 aromatic rings. The van der Waals surface area contributed by atoms with E-state index in [-0.39, 0.29) is 12.2 Å². The standard InChI is InChI=1S/C14H26N2O/c1-4-12-15-11(3)13(17)16(12)10-14(5-2)8-6-7-9-14/h11-12,15H,4-10H2,1-3H3. The summed E-state index contributed by atoms with van der Waals surface area (Å²) in [5.41, 5.74) is 0.412. The average molecular weight is 238 g/mol. The first-order valence-corrected chi connectivity index (χ1v) is 7.18. The summed E-state index contributed by atoms with van der Waals surface area (Å²) < 4.78 is 0. The number of nitrogens with zero attached hydrogens (tertiary/aromatic N) is 1. The van der Waals surface area contributed by atoms with E-state index >= 15 is 0 Å². The molecule has 1 saturated carbocycles. The summed E-state index contributed by atoms with van der Waals surface area (Å²) in [6.45, 7) is 7.39. The van der Waals surface area contributed by atoms with E-state index in [0.29, 0.717) is 11.3 Å². The van der Waals surface area contributed by atoms with Crippen LogP contribution in [0.1, 0.15) is 59.3 Å². The smallest absolute Gasteiger partial charge is 0.240 e. The highest BCUT2D eigenvalue weighted by Crippen LogP contribution is 2.42. The van der Waals surface area contributed by atoms with E-state index in [1.807, 2.05) is 6.92 Å². The average Bonchev–Trinajstić information content (AvgIpc) is 2.90. The van der Waals surface area contributed by atoms with Gasteiger partial charge in [0.1, 0.15) is 0 Å². The fraction of sp³-hybridized carbons (Fsp3) is 0.929. The van der Waals surface area contributed by atoms with E-state index in [2.05, 4.69) is 24.1 Å². The highest BCUT2D eigenvalue weighted by molar-refractivity contribution is 5.83. The lowest BCUT2D eigenvalue weighted by Gasteiger charge is -2.35. The zero-order valence-electron chi connectivity index (χ0n) is 11.5. The van der Waals surface area contributed by atoms with Crippen LogP contribution >= 0.6 is 0 Å². The molecule has 98 valence electrons. The van der Waals surface area contributed by atoms with E-state index < -0.39 is 0 Å². The third-order valence-electron chi connectivity index (χ3n) is 4.78. The summed E-state index contributed by atoms with van der Waals surface area (Å²) in [5, 5.41) is 3.40. The molecule has 1 aliphatic carbocycles. The van der Waals surface area contributed by atoms with Gasteiger partial charge in [0.05, 0.1) is 12.2 Å². The van der Waals surface area contributed by atoms with Gasteiger partial charge in [0.15, 0.2) is 0 Å². The second kappa shape index (κ2) is 4.97. The van der Waals surface area contributed by atoms with E-state index in [9.17, 15) is 4.79 Å². The van der Waals surface area contributed by atoms with Crippen LogP contribution in [0.2, 0.25) is 0 Å². The van der Waals surface area contributed by atoms with Crippen LogP contribution in [0.5, 0.6) is 0 Å². The van der Waals surface area contributed by atoms with Crippen molar-refractivity contribution in [1.82, 2.24) is 10.2 Å². The molecule has 2 fully saturated rings. The summed E-state index contributed by atoms with van der Waals surface area (Å²) in [4.78, 5) is 14.3. The van der Waals surface area contributed by atoms with Gasteiger partial charge in [-0.3, -0.25) is 10.1 Å². The Morgan fingerprint density at radius 2 is 2.00 bits per heavy atom. The van der Waals surface area contributed by atoms with Crippen molar-refractivity contribution < 1.29 is 4.79 Å². The molecular weight excluding hydrogens is 212 g/mol. The fourth-order valence-corrected chi connectivity index (χ4v) is 3.49. The lowest BCUT2D eigenvalue weighted by Crippen LogP contribution is -2.43. The van der Waals surface area contributed by atoms with Crippen LogP contribution in [0.4, 0.5) is 0 Å². The number of hydrogen-bond acceptors (Lipinski definition) is 2. The molecule has 1 amide bonds. The van der Waals surface area contributed by atoms with E-state index in [0.717, 1.165) is 13.0 Å². The molecule has 0 aromatic heterocycles. The van der Waals surface area contributed by atoms with Crippen molar-refractivity contribution in [3.05, 3.63) is 0 Å². The molecule has 0 spiro atoms. The number of rotatable bonds is 4. The molecule has 0 aromatic carbocycles. The topological polar surface area (TPSA) is 32.3 Å². The Labute approximate surface area is 105 Å². The van der Waals surface area contributed by atoms with Gasteiger partial charge in [-0.1, -0.05) is 26.7 Å². The summed E-state index contributed by atoms with van der Waals surface area (Å²) >= 11 is 0. The number of carbonyl (C=O) groups is 1. The van der Waals surface area contributed by atoms with Crippen LogP contribution in [-0.2, 0) is 4.79 Å². The minimum atomic E-state index is 0.00950. The van der Waals surface area contributed by atoms with Crippen molar-refractivity contribution in [2.45, 2.75) is 71.5 Å². The molecule has 2 unspecified atom stereocenters. The molecule has 1 aliphatic heterocycles. The van der Waals surface area contributed by atoms with Crippen LogP contribution in [-0.4, -0.2) is 29.6 Å². The van der Waals surface area contributed by atoms with Gasteiger partial charge < -0.3 is 4.90 Å². The van der Waals surface area contributed by atoms with Gasteiger partial charge in [-0.2, -0.15) is 0 Å². The minimum Gasteiger partial charge on any atom is -0.325 e. The zero-order chi connectivity index (χ0) is 12.5. The summed E-state index contributed by atoms with van der Waals surface area (Å²) in [6, 6.07) is 0.00950. The zero-order valence-corrected chi connectivity index (χ0v) is 11.5. The number of nitrogens with one attached hydrogen (secondary N) is 1. The Hall–Kier alpha value is -0.570. The Kier molecular flexibility index (Phi) is 3.76. The van der Waals surface area contributed by atoms with Gasteiger partial charge in [-0.15, -0.1) is 0 Å². The van der Waals surface area contributed by atoms with Crippen LogP contribution in [0.25, 0.3) is 0 Å². The van der Waals surface area contributed by atoms with Crippen LogP contribution < -0.4 is 5.32 Å². The third kappa shape index (κ3) is 2.35. The van der Waals surface area contributed by atoms with Gasteiger partial charge in [-0.25, -0.2) is 0 Å². The Morgan fingerprint density at radius 3 is 2.53 bits per heavy atom. The molecule has 1 saturated heterocycles. The predicted octanol–water partition coefficient (Wildman–Crippen LogP) is 2.51. The highest BCUT2D eigenvalue weighted by atomic mass is 16.2. The third-order valence-corrected chi connectivity index (χ3v) is 4.78. The molecule has 1 N–H and O–H groups in total. The molecular formula is C14H26N2O. The maximum atomic E-state index is 12.2. The van der Waals surface area contributed by atoms with Gasteiger partial charge >= 0.3 is 0 Å². The van der Waals surface area contributed by atoms with Crippen molar-refractivity contribution in [1.29, 1.82) is 0 Å². The fourth-order valence-electron chi connectivity index (χ4n) is 3.49. The lowest BCUT2D eigenvalue weighted by molar-refractivity contribution is -0.131. The van der Waals surface area contributed by atoms with Crippen LogP contribution in [0, 0.1) is 5.41 Å². The quantitative estimate of drug-likeness (QED) is 0.816. The Balaban J connectivity index is 2.08. The largest absolute Gasteiger partial charge is 0.325 e. The summed E-state index contributed by atoms with van der Waals surface area (Å²) in [7, 11) is 0. The van der Waals surface area contributed by atoms with Crippen LogP contribution in [0.3, 0.4) is 0 Å². The molecule has 0 bridgehead atoms. The maximum Gasteiger partial charge on any atom is 0.240 e. The van der Waals surface area contributed by atoms with E-state index in [4.69, 9.17) is 0 Å². The van der Waals surface area contributed by atoms with Gasteiger partial charge in [0.2, 0.25) is 5.91 Å². The van der Waals surface area contributed by atoms with Crippen molar-refractivity contribution in [3.8, 4) is 0 Å².